The normalized spacial score (nSPS) is 19.8. The number of anilines is 2. The van der Waals surface area contributed by atoms with E-state index >= 15 is 0 Å². The van der Waals surface area contributed by atoms with Crippen LogP contribution in [0.15, 0.2) is 29.2 Å². The van der Waals surface area contributed by atoms with Crippen molar-refractivity contribution >= 4 is 51.6 Å². The van der Waals surface area contributed by atoms with E-state index in [-0.39, 0.29) is 30.3 Å². The fourth-order valence-corrected chi connectivity index (χ4v) is 6.85. The van der Waals surface area contributed by atoms with Crippen molar-refractivity contribution in [3.05, 3.63) is 40.3 Å². The van der Waals surface area contributed by atoms with Crippen molar-refractivity contribution < 1.29 is 19.1 Å². The molecule has 2 N–H and O–H groups in total. The number of thioether (sulfide) groups is 1. The first-order valence-electron chi connectivity index (χ1n) is 11.4. The van der Waals surface area contributed by atoms with Gasteiger partial charge in [-0.15, -0.1) is 23.1 Å². The zero-order valence-corrected chi connectivity index (χ0v) is 21.1. The van der Waals surface area contributed by atoms with Crippen molar-refractivity contribution in [3.8, 4) is 0 Å². The maximum absolute atomic E-state index is 13.0. The Bertz CT molecular complexity index is 1090. The first kappa shape index (κ1) is 23.8. The van der Waals surface area contributed by atoms with Crippen LogP contribution in [0.1, 0.15) is 61.3 Å². The lowest BCUT2D eigenvalue weighted by molar-refractivity contribution is -0.120. The van der Waals surface area contributed by atoms with E-state index in [1.165, 1.54) is 23.1 Å². The highest BCUT2D eigenvalue weighted by atomic mass is 32.2. The van der Waals surface area contributed by atoms with Gasteiger partial charge in [0.2, 0.25) is 11.8 Å². The lowest BCUT2D eigenvalue weighted by atomic mass is 9.72. The van der Waals surface area contributed by atoms with E-state index in [2.05, 4.69) is 31.4 Å². The van der Waals surface area contributed by atoms with Crippen LogP contribution in [0.4, 0.5) is 10.7 Å². The SMILES string of the molecule is CCOC(=O)c1c(NC(=O)C[C@@H]2Sc3ccccc3NC2=O)sc2c1CC[C@@H](C(C)(C)C)C2. The van der Waals surface area contributed by atoms with Gasteiger partial charge in [0.15, 0.2) is 0 Å². The number of ether oxygens (including phenoxy) is 1. The second kappa shape index (κ2) is 9.50. The fraction of sp³-hybridized carbons (Fsp3) is 0.480. The largest absolute Gasteiger partial charge is 0.462 e. The summed E-state index contributed by atoms with van der Waals surface area (Å²) >= 11 is 2.87. The highest BCUT2D eigenvalue weighted by Gasteiger charge is 2.35. The summed E-state index contributed by atoms with van der Waals surface area (Å²) in [6, 6.07) is 7.56. The first-order chi connectivity index (χ1) is 15.7. The van der Waals surface area contributed by atoms with E-state index < -0.39 is 11.2 Å². The van der Waals surface area contributed by atoms with Gasteiger partial charge in [-0.3, -0.25) is 9.59 Å². The molecule has 2 amide bonds. The van der Waals surface area contributed by atoms with Gasteiger partial charge in [-0.05, 0) is 55.2 Å². The molecule has 2 atom stereocenters. The van der Waals surface area contributed by atoms with Gasteiger partial charge < -0.3 is 15.4 Å². The molecule has 1 aromatic heterocycles. The number of esters is 1. The minimum atomic E-state index is -0.522. The molecule has 6 nitrogen and oxygen atoms in total. The summed E-state index contributed by atoms with van der Waals surface area (Å²) < 4.78 is 5.32. The third-order valence-electron chi connectivity index (χ3n) is 6.30. The van der Waals surface area contributed by atoms with Gasteiger partial charge >= 0.3 is 5.97 Å². The summed E-state index contributed by atoms with van der Waals surface area (Å²) in [5, 5.41) is 5.83. The summed E-state index contributed by atoms with van der Waals surface area (Å²) in [7, 11) is 0. The third kappa shape index (κ3) is 5.11. The molecule has 176 valence electrons. The average Bonchev–Trinajstić information content (AvgIpc) is 3.10. The number of fused-ring (bicyclic) bond motifs is 2. The Hall–Kier alpha value is -2.32. The van der Waals surface area contributed by atoms with Gasteiger partial charge in [-0.2, -0.15) is 0 Å². The molecule has 2 heterocycles. The molecule has 1 aliphatic heterocycles. The van der Waals surface area contributed by atoms with Crippen molar-refractivity contribution in [1.29, 1.82) is 0 Å². The van der Waals surface area contributed by atoms with Crippen molar-refractivity contribution in [1.82, 2.24) is 0 Å². The third-order valence-corrected chi connectivity index (χ3v) is 8.74. The fourth-order valence-electron chi connectivity index (χ4n) is 4.41. The lowest BCUT2D eigenvalue weighted by Crippen LogP contribution is -2.32. The van der Waals surface area contributed by atoms with Crippen molar-refractivity contribution in [2.24, 2.45) is 11.3 Å². The van der Waals surface area contributed by atoms with E-state index in [1.807, 2.05) is 24.3 Å². The number of nitrogens with one attached hydrogen (secondary N) is 2. The molecule has 1 aliphatic carbocycles. The molecule has 0 bridgehead atoms. The monoisotopic (exact) mass is 486 g/mol. The van der Waals surface area contributed by atoms with Gasteiger partial charge in [0, 0.05) is 16.2 Å². The number of thiophene rings is 1. The molecular weight excluding hydrogens is 456 g/mol. The molecule has 0 unspecified atom stereocenters. The van der Waals surface area contributed by atoms with Crippen molar-refractivity contribution in [2.45, 2.75) is 63.5 Å². The topological polar surface area (TPSA) is 84.5 Å². The van der Waals surface area contributed by atoms with Crippen LogP contribution in [0.3, 0.4) is 0 Å². The minimum Gasteiger partial charge on any atom is -0.462 e. The molecular formula is C25H30N2O4S2. The van der Waals surface area contributed by atoms with Crippen LogP contribution in [-0.2, 0) is 27.2 Å². The molecule has 1 aromatic carbocycles. The van der Waals surface area contributed by atoms with Crippen LogP contribution >= 0.6 is 23.1 Å². The average molecular weight is 487 g/mol. The number of hydrogen-bond acceptors (Lipinski definition) is 6. The predicted octanol–water partition coefficient (Wildman–Crippen LogP) is 5.52. The smallest absolute Gasteiger partial charge is 0.341 e. The van der Waals surface area contributed by atoms with Crippen LogP contribution in [0, 0.1) is 11.3 Å². The second-order valence-electron chi connectivity index (χ2n) is 9.58. The minimum absolute atomic E-state index is 0.0281. The molecule has 8 heteroatoms. The van der Waals surface area contributed by atoms with Crippen LogP contribution in [0.2, 0.25) is 0 Å². The Morgan fingerprint density at radius 2 is 2.00 bits per heavy atom. The van der Waals surface area contributed by atoms with E-state index in [0.717, 1.165) is 40.3 Å². The second-order valence-corrected chi connectivity index (χ2v) is 11.9. The van der Waals surface area contributed by atoms with E-state index in [9.17, 15) is 14.4 Å². The number of benzene rings is 1. The molecule has 2 aliphatic rings. The number of hydrogen-bond donors (Lipinski definition) is 2. The Balaban J connectivity index is 1.53. The Kier molecular flexibility index (Phi) is 6.86. The van der Waals surface area contributed by atoms with Gasteiger partial charge in [0.1, 0.15) is 5.00 Å². The molecule has 0 fully saturated rings. The predicted molar refractivity (Wildman–Crippen MR) is 133 cm³/mol. The van der Waals surface area contributed by atoms with Crippen LogP contribution < -0.4 is 10.6 Å². The lowest BCUT2D eigenvalue weighted by Gasteiger charge is -2.33. The number of amides is 2. The van der Waals surface area contributed by atoms with Gasteiger partial charge in [0.25, 0.3) is 0 Å². The van der Waals surface area contributed by atoms with Crippen LogP contribution in [0.25, 0.3) is 0 Å². The first-order valence-corrected chi connectivity index (χ1v) is 13.0. The number of carbonyl (C=O) groups is 3. The van der Waals surface area contributed by atoms with Crippen LogP contribution in [0.5, 0.6) is 0 Å². The van der Waals surface area contributed by atoms with Gasteiger partial charge in [-0.1, -0.05) is 32.9 Å². The van der Waals surface area contributed by atoms with E-state index in [4.69, 9.17) is 4.74 Å². The van der Waals surface area contributed by atoms with Crippen molar-refractivity contribution in [3.63, 3.8) is 0 Å². The van der Waals surface area contributed by atoms with E-state index in [1.54, 1.807) is 6.92 Å². The number of para-hydroxylation sites is 1. The quantitative estimate of drug-likeness (QED) is 0.544. The molecule has 0 radical (unpaired) electrons. The Labute approximate surface area is 202 Å². The molecule has 33 heavy (non-hydrogen) atoms. The summed E-state index contributed by atoms with van der Waals surface area (Å²) in [5.74, 6) is -0.334. The van der Waals surface area contributed by atoms with Gasteiger partial charge in [-0.25, -0.2) is 4.79 Å². The zero-order valence-electron chi connectivity index (χ0n) is 19.4. The molecule has 2 aromatic rings. The molecule has 0 saturated heterocycles. The summed E-state index contributed by atoms with van der Waals surface area (Å²) in [4.78, 5) is 40.4. The molecule has 0 spiro atoms. The number of carbonyl (C=O) groups excluding carboxylic acids is 3. The standard InChI is InChI=1S/C25H30N2O4S2/c1-5-31-24(30)21-15-11-10-14(25(2,3)4)12-18(15)33-23(21)27-20(28)13-19-22(29)26-16-8-6-7-9-17(16)32-19/h6-9,14,19H,5,10-13H2,1-4H3,(H,26,29)(H,27,28)/t14-,19+/m1/s1. The summed E-state index contributed by atoms with van der Waals surface area (Å²) in [5.41, 5.74) is 2.45. The maximum atomic E-state index is 13.0. The summed E-state index contributed by atoms with van der Waals surface area (Å²) in [6.45, 7) is 8.80. The number of rotatable bonds is 5. The highest BCUT2D eigenvalue weighted by Crippen LogP contribution is 2.45. The Morgan fingerprint density at radius 1 is 1.24 bits per heavy atom. The molecule has 0 saturated carbocycles. The van der Waals surface area contributed by atoms with Gasteiger partial charge in [0.05, 0.1) is 23.1 Å². The maximum Gasteiger partial charge on any atom is 0.341 e. The Morgan fingerprint density at radius 3 is 2.73 bits per heavy atom. The summed E-state index contributed by atoms with van der Waals surface area (Å²) in [6.07, 6.45) is 2.73. The highest BCUT2D eigenvalue weighted by molar-refractivity contribution is 8.01. The molecule has 4 rings (SSSR count). The van der Waals surface area contributed by atoms with Crippen LogP contribution in [-0.4, -0.2) is 29.6 Å². The zero-order chi connectivity index (χ0) is 23.8. The van der Waals surface area contributed by atoms with E-state index in [0.29, 0.717) is 16.5 Å². The van der Waals surface area contributed by atoms with Crippen molar-refractivity contribution in [2.75, 3.05) is 17.2 Å².